The number of ether oxygens (including phenoxy) is 1. The highest BCUT2D eigenvalue weighted by Crippen LogP contribution is 2.13. The average Bonchev–Trinajstić information content (AvgIpc) is 2.15. The highest BCUT2D eigenvalue weighted by atomic mass is 16.5. The Bertz CT molecular complexity index is 289. The van der Waals surface area contributed by atoms with Crippen LogP contribution < -0.4 is 11.1 Å². The van der Waals surface area contributed by atoms with E-state index in [2.05, 4.69) is 10.3 Å². The molecule has 0 aliphatic rings. The summed E-state index contributed by atoms with van der Waals surface area (Å²) in [6.45, 7) is 3.62. The molecule has 0 fully saturated rings. The molecule has 0 spiro atoms. The molecule has 78 valence electrons. The highest BCUT2D eigenvalue weighted by Gasteiger charge is 1.98. The maximum absolute atomic E-state index is 5.59. The maximum atomic E-state index is 5.59. The van der Waals surface area contributed by atoms with Gasteiger partial charge in [-0.2, -0.15) is 0 Å². The number of aromatic nitrogens is 1. The summed E-state index contributed by atoms with van der Waals surface area (Å²) >= 11 is 0. The first-order chi connectivity index (χ1) is 6.74. The summed E-state index contributed by atoms with van der Waals surface area (Å²) in [6, 6.07) is 1.91. The van der Waals surface area contributed by atoms with Crippen LogP contribution in [-0.4, -0.2) is 25.2 Å². The zero-order valence-corrected chi connectivity index (χ0v) is 8.71. The van der Waals surface area contributed by atoms with Gasteiger partial charge >= 0.3 is 0 Å². The first kappa shape index (κ1) is 10.8. The van der Waals surface area contributed by atoms with E-state index in [0.717, 1.165) is 31.0 Å². The molecule has 0 saturated heterocycles. The van der Waals surface area contributed by atoms with E-state index in [1.165, 1.54) is 0 Å². The minimum Gasteiger partial charge on any atom is -0.397 e. The lowest BCUT2D eigenvalue weighted by molar-refractivity contribution is 0.197. The van der Waals surface area contributed by atoms with Gasteiger partial charge in [0.15, 0.2) is 0 Å². The fourth-order valence-electron chi connectivity index (χ4n) is 1.20. The predicted molar refractivity (Wildman–Crippen MR) is 58.4 cm³/mol. The van der Waals surface area contributed by atoms with E-state index in [1.807, 2.05) is 13.0 Å². The van der Waals surface area contributed by atoms with Crippen molar-refractivity contribution in [2.24, 2.45) is 0 Å². The third-order valence-corrected chi connectivity index (χ3v) is 1.92. The summed E-state index contributed by atoms with van der Waals surface area (Å²) in [4.78, 5) is 4.20. The molecule has 0 atom stereocenters. The number of rotatable bonds is 5. The van der Waals surface area contributed by atoms with Gasteiger partial charge in [-0.25, -0.2) is 4.98 Å². The Morgan fingerprint density at radius 3 is 3.00 bits per heavy atom. The van der Waals surface area contributed by atoms with E-state index < -0.39 is 0 Å². The fourth-order valence-corrected chi connectivity index (χ4v) is 1.20. The minimum absolute atomic E-state index is 0.699. The second-order valence-electron chi connectivity index (χ2n) is 3.21. The van der Waals surface area contributed by atoms with E-state index in [-0.39, 0.29) is 0 Å². The molecule has 1 heterocycles. The Labute approximate surface area is 84.5 Å². The van der Waals surface area contributed by atoms with Gasteiger partial charge in [0, 0.05) is 20.3 Å². The smallest absolute Gasteiger partial charge is 0.128 e. The molecule has 0 aliphatic heterocycles. The highest BCUT2D eigenvalue weighted by molar-refractivity contribution is 5.50. The summed E-state index contributed by atoms with van der Waals surface area (Å²) in [7, 11) is 1.70. The van der Waals surface area contributed by atoms with Gasteiger partial charge in [-0.15, -0.1) is 0 Å². The first-order valence-corrected chi connectivity index (χ1v) is 4.69. The maximum Gasteiger partial charge on any atom is 0.128 e. The second-order valence-corrected chi connectivity index (χ2v) is 3.21. The number of nitrogen functional groups attached to an aromatic ring is 1. The Balaban J connectivity index is 2.42. The molecule has 0 amide bonds. The monoisotopic (exact) mass is 195 g/mol. The molecule has 0 unspecified atom stereocenters. The first-order valence-electron chi connectivity index (χ1n) is 4.69. The van der Waals surface area contributed by atoms with Crippen LogP contribution in [0.2, 0.25) is 0 Å². The van der Waals surface area contributed by atoms with Crippen molar-refractivity contribution in [3.05, 3.63) is 17.8 Å². The van der Waals surface area contributed by atoms with Gasteiger partial charge in [-0.1, -0.05) is 0 Å². The van der Waals surface area contributed by atoms with Crippen LogP contribution in [0.25, 0.3) is 0 Å². The molecule has 1 aromatic heterocycles. The number of hydrogen-bond donors (Lipinski definition) is 2. The lowest BCUT2D eigenvalue weighted by Gasteiger charge is -2.08. The van der Waals surface area contributed by atoms with Crippen molar-refractivity contribution in [2.75, 3.05) is 31.3 Å². The molecule has 0 aromatic carbocycles. The Morgan fingerprint density at radius 2 is 2.36 bits per heavy atom. The van der Waals surface area contributed by atoms with Crippen LogP contribution in [0.1, 0.15) is 12.0 Å². The third-order valence-electron chi connectivity index (χ3n) is 1.92. The Morgan fingerprint density at radius 1 is 1.57 bits per heavy atom. The molecular formula is C10H17N3O. The number of nitrogens with two attached hydrogens (primary N) is 1. The van der Waals surface area contributed by atoms with Crippen molar-refractivity contribution in [1.82, 2.24) is 4.98 Å². The van der Waals surface area contributed by atoms with E-state index in [4.69, 9.17) is 10.5 Å². The molecule has 0 saturated carbocycles. The number of nitrogens with one attached hydrogen (secondary N) is 1. The number of methoxy groups -OCH3 is 1. The molecule has 0 radical (unpaired) electrons. The SMILES string of the molecule is COCCCNc1ncc(N)cc1C. The molecule has 0 aliphatic carbocycles. The van der Waals surface area contributed by atoms with Gasteiger partial charge in [-0.05, 0) is 25.0 Å². The lowest BCUT2D eigenvalue weighted by Crippen LogP contribution is -2.07. The summed E-state index contributed by atoms with van der Waals surface area (Å²) in [5.41, 5.74) is 7.36. The normalized spacial score (nSPS) is 10.1. The van der Waals surface area contributed by atoms with Crippen molar-refractivity contribution < 1.29 is 4.74 Å². The minimum atomic E-state index is 0.699. The van der Waals surface area contributed by atoms with Crippen molar-refractivity contribution >= 4 is 11.5 Å². The molecule has 3 N–H and O–H groups in total. The van der Waals surface area contributed by atoms with Gasteiger partial charge in [0.25, 0.3) is 0 Å². The Kier molecular flexibility index (Phi) is 4.19. The van der Waals surface area contributed by atoms with E-state index in [1.54, 1.807) is 13.3 Å². The number of hydrogen-bond acceptors (Lipinski definition) is 4. The molecular weight excluding hydrogens is 178 g/mol. The molecule has 0 bridgehead atoms. The summed E-state index contributed by atoms with van der Waals surface area (Å²) in [5, 5.41) is 3.23. The average molecular weight is 195 g/mol. The predicted octanol–water partition coefficient (Wildman–Crippen LogP) is 1.42. The van der Waals surface area contributed by atoms with Crippen molar-refractivity contribution in [2.45, 2.75) is 13.3 Å². The van der Waals surface area contributed by atoms with Gasteiger partial charge in [0.1, 0.15) is 5.82 Å². The Hall–Kier alpha value is -1.29. The van der Waals surface area contributed by atoms with Crippen LogP contribution in [0.5, 0.6) is 0 Å². The lowest BCUT2D eigenvalue weighted by atomic mass is 10.2. The largest absolute Gasteiger partial charge is 0.397 e. The number of pyridine rings is 1. The standard InChI is InChI=1S/C10H17N3O/c1-8-6-9(11)7-13-10(8)12-4-3-5-14-2/h6-7H,3-5,11H2,1-2H3,(H,12,13). The topological polar surface area (TPSA) is 60.2 Å². The van der Waals surface area contributed by atoms with Crippen molar-refractivity contribution in [1.29, 1.82) is 0 Å². The summed E-state index contributed by atoms with van der Waals surface area (Å²) in [5.74, 6) is 0.898. The van der Waals surface area contributed by atoms with E-state index >= 15 is 0 Å². The zero-order valence-electron chi connectivity index (χ0n) is 8.71. The van der Waals surface area contributed by atoms with Crippen LogP contribution >= 0.6 is 0 Å². The van der Waals surface area contributed by atoms with E-state index in [9.17, 15) is 0 Å². The molecule has 1 rings (SSSR count). The van der Waals surface area contributed by atoms with Gasteiger partial charge in [0.05, 0.1) is 11.9 Å². The van der Waals surface area contributed by atoms with Gasteiger partial charge in [-0.3, -0.25) is 0 Å². The van der Waals surface area contributed by atoms with Crippen LogP contribution in [0, 0.1) is 6.92 Å². The molecule has 4 heteroatoms. The molecule has 4 nitrogen and oxygen atoms in total. The molecule has 1 aromatic rings. The van der Waals surface area contributed by atoms with Gasteiger partial charge < -0.3 is 15.8 Å². The van der Waals surface area contributed by atoms with Crippen molar-refractivity contribution in [3.8, 4) is 0 Å². The second kappa shape index (κ2) is 5.44. The van der Waals surface area contributed by atoms with Crippen molar-refractivity contribution in [3.63, 3.8) is 0 Å². The number of nitrogens with zero attached hydrogens (tertiary/aromatic N) is 1. The van der Waals surface area contributed by atoms with Crippen LogP contribution in [-0.2, 0) is 4.74 Å². The van der Waals surface area contributed by atoms with Crippen LogP contribution in [0.3, 0.4) is 0 Å². The quantitative estimate of drug-likeness (QED) is 0.698. The van der Waals surface area contributed by atoms with Crippen LogP contribution in [0.15, 0.2) is 12.3 Å². The third kappa shape index (κ3) is 3.22. The van der Waals surface area contributed by atoms with Gasteiger partial charge in [0.2, 0.25) is 0 Å². The summed E-state index contributed by atoms with van der Waals surface area (Å²) < 4.78 is 4.95. The fraction of sp³-hybridized carbons (Fsp3) is 0.500. The van der Waals surface area contributed by atoms with E-state index in [0.29, 0.717) is 5.69 Å². The van der Waals surface area contributed by atoms with Crippen LogP contribution in [0.4, 0.5) is 11.5 Å². The molecule has 14 heavy (non-hydrogen) atoms. The number of aryl methyl sites for hydroxylation is 1. The number of anilines is 2. The summed E-state index contributed by atoms with van der Waals surface area (Å²) in [6.07, 6.45) is 2.63. The zero-order chi connectivity index (χ0) is 10.4.